The molecule has 0 spiro atoms. The van der Waals surface area contributed by atoms with E-state index < -0.39 is 24.0 Å². The van der Waals surface area contributed by atoms with E-state index in [4.69, 9.17) is 0 Å². The van der Waals surface area contributed by atoms with E-state index >= 15 is 0 Å². The lowest BCUT2D eigenvalue weighted by Gasteiger charge is -2.25. The van der Waals surface area contributed by atoms with Crippen molar-refractivity contribution >= 4 is 39.9 Å². The number of nitrogens with one attached hydrogen (secondary N) is 2. The number of ketones is 1. The van der Waals surface area contributed by atoms with Gasteiger partial charge in [-0.1, -0.05) is 65.9 Å². The highest BCUT2D eigenvalue weighted by Gasteiger charge is 2.50. The molecule has 3 N–H and O–H groups in total. The molecule has 4 aromatic rings. The van der Waals surface area contributed by atoms with E-state index in [1.54, 1.807) is 36.4 Å². The number of aliphatic hydroxyl groups is 1. The molecule has 0 saturated carbocycles. The van der Waals surface area contributed by atoms with Gasteiger partial charge in [0.1, 0.15) is 10.8 Å². The Hall–Kier alpha value is -4.56. The van der Waals surface area contributed by atoms with Crippen molar-refractivity contribution < 1.29 is 32.7 Å². The first-order chi connectivity index (χ1) is 22.8. The lowest BCUT2D eigenvalue weighted by molar-refractivity contribution is -0.253. The van der Waals surface area contributed by atoms with Crippen LogP contribution in [0.5, 0.6) is 0 Å². The predicted octanol–water partition coefficient (Wildman–Crippen LogP) is 6.02. The minimum Gasteiger partial charge on any atom is -0.380 e. The maximum Gasteiger partial charge on any atom is 0.417 e. The van der Waals surface area contributed by atoms with Gasteiger partial charge in [-0.2, -0.15) is 18.3 Å². The van der Waals surface area contributed by atoms with Crippen molar-refractivity contribution in [1.82, 2.24) is 20.4 Å². The second kappa shape index (κ2) is 16.5. The number of carbonyl (C=O) groups excluding carboxylic acids is 3. The van der Waals surface area contributed by atoms with E-state index in [0.717, 1.165) is 29.1 Å². The summed E-state index contributed by atoms with van der Waals surface area (Å²) >= 11 is 1.36. The highest BCUT2D eigenvalue weighted by Crippen LogP contribution is 2.33. The average Bonchev–Trinajstić information content (AvgIpc) is 3.49. The molecule has 2 aromatic carbocycles. The molecule has 0 saturated heterocycles. The fourth-order valence-corrected chi connectivity index (χ4v) is 5.56. The lowest BCUT2D eigenvalue weighted by atomic mass is 9.95. The van der Waals surface area contributed by atoms with E-state index in [2.05, 4.69) is 31.0 Å². The van der Waals surface area contributed by atoms with Crippen molar-refractivity contribution in [3.05, 3.63) is 94.1 Å². The molecular formula is C34H37F3N6O4S. The average molecular weight is 683 g/mol. The van der Waals surface area contributed by atoms with E-state index in [9.17, 15) is 32.7 Å². The van der Waals surface area contributed by atoms with Crippen LogP contribution in [0.4, 0.5) is 24.1 Å². The number of unbranched alkanes of at least 4 members (excludes halogenated alkanes) is 1. The van der Waals surface area contributed by atoms with Crippen LogP contribution in [0.1, 0.15) is 72.8 Å². The smallest absolute Gasteiger partial charge is 0.380 e. The van der Waals surface area contributed by atoms with Crippen LogP contribution < -0.4 is 10.6 Å². The number of rotatable bonds is 16. The zero-order chi connectivity index (χ0) is 34.7. The molecule has 0 aliphatic heterocycles. The molecule has 48 heavy (non-hydrogen) atoms. The molecule has 0 fully saturated rings. The van der Waals surface area contributed by atoms with E-state index in [1.165, 1.54) is 11.3 Å². The summed E-state index contributed by atoms with van der Waals surface area (Å²) in [6, 6.07) is 19.9. The molecule has 2 amide bonds. The zero-order valence-electron chi connectivity index (χ0n) is 26.6. The van der Waals surface area contributed by atoms with Crippen LogP contribution in [0.2, 0.25) is 0 Å². The van der Waals surface area contributed by atoms with E-state index in [1.807, 2.05) is 37.3 Å². The molecule has 4 rings (SSSR count). The molecule has 2 atom stereocenters. The Morgan fingerprint density at radius 1 is 0.854 bits per heavy atom. The monoisotopic (exact) mass is 682 g/mol. The highest BCUT2D eigenvalue weighted by molar-refractivity contribution is 7.15. The molecule has 2 heterocycles. The van der Waals surface area contributed by atoms with Gasteiger partial charge in [0.05, 0.1) is 18.0 Å². The van der Waals surface area contributed by atoms with Crippen LogP contribution in [0.3, 0.4) is 0 Å². The molecule has 254 valence electrons. The van der Waals surface area contributed by atoms with Crippen LogP contribution in [-0.4, -0.2) is 54.9 Å². The zero-order valence-corrected chi connectivity index (χ0v) is 27.4. The number of aryl methyl sites for hydroxylation is 3. The minimum absolute atomic E-state index is 0.0249. The first-order valence-corrected chi connectivity index (χ1v) is 16.3. The SMILES string of the molecule is CC(C(=O)Nc1nnc(CCCCc2ccc(NC(=O)Cc3cccc(CCC(=O)CC(C)(O)C(F)(F)F)c3)nn2)s1)c1ccccc1. The fourth-order valence-electron chi connectivity index (χ4n) is 4.78. The van der Waals surface area contributed by atoms with Gasteiger partial charge in [-0.25, -0.2) is 0 Å². The van der Waals surface area contributed by atoms with Gasteiger partial charge < -0.3 is 15.7 Å². The summed E-state index contributed by atoms with van der Waals surface area (Å²) in [5.41, 5.74) is -0.0175. The molecule has 0 aliphatic carbocycles. The number of benzene rings is 2. The van der Waals surface area contributed by atoms with E-state index in [0.29, 0.717) is 41.8 Å². The number of aromatic nitrogens is 4. The van der Waals surface area contributed by atoms with Gasteiger partial charge in [-0.05, 0) is 68.4 Å². The Labute approximate surface area is 280 Å². The molecule has 0 bridgehead atoms. The third-order valence-corrected chi connectivity index (χ3v) is 8.55. The predicted molar refractivity (Wildman–Crippen MR) is 175 cm³/mol. The van der Waals surface area contributed by atoms with Gasteiger partial charge in [-0.15, -0.1) is 15.3 Å². The van der Waals surface area contributed by atoms with Gasteiger partial charge in [0, 0.05) is 19.3 Å². The Kier molecular flexibility index (Phi) is 12.5. The van der Waals surface area contributed by atoms with Crippen molar-refractivity contribution in [3.63, 3.8) is 0 Å². The van der Waals surface area contributed by atoms with Crippen LogP contribution in [0.15, 0.2) is 66.7 Å². The minimum atomic E-state index is -4.89. The summed E-state index contributed by atoms with van der Waals surface area (Å²) in [7, 11) is 0. The number of Topliss-reactive ketones (excluding diaryl/α,β-unsaturated/α-hetero) is 1. The first-order valence-electron chi connectivity index (χ1n) is 15.5. The van der Waals surface area contributed by atoms with Gasteiger partial charge in [0.25, 0.3) is 0 Å². The summed E-state index contributed by atoms with van der Waals surface area (Å²) in [6.07, 6.45) is -2.80. The third kappa shape index (κ3) is 11.0. The summed E-state index contributed by atoms with van der Waals surface area (Å²) in [5, 5.41) is 32.9. The third-order valence-electron chi connectivity index (χ3n) is 7.65. The Bertz CT molecular complexity index is 1680. The summed E-state index contributed by atoms with van der Waals surface area (Å²) in [6.45, 7) is 2.43. The van der Waals surface area contributed by atoms with Crippen molar-refractivity contribution in [2.75, 3.05) is 10.6 Å². The van der Waals surface area contributed by atoms with Crippen LogP contribution in [0.25, 0.3) is 0 Å². The number of amides is 2. The highest BCUT2D eigenvalue weighted by atomic mass is 32.1. The van der Waals surface area contributed by atoms with Gasteiger partial charge >= 0.3 is 6.18 Å². The fraction of sp³-hybridized carbons (Fsp3) is 0.382. The number of anilines is 2. The maximum atomic E-state index is 12.8. The second-order valence-electron chi connectivity index (χ2n) is 11.8. The van der Waals surface area contributed by atoms with Crippen LogP contribution in [0, 0.1) is 0 Å². The largest absolute Gasteiger partial charge is 0.417 e. The normalized spacial score (nSPS) is 13.4. The van der Waals surface area contributed by atoms with Crippen molar-refractivity contribution in [3.8, 4) is 0 Å². The number of alkyl halides is 3. The molecule has 2 aromatic heterocycles. The van der Waals surface area contributed by atoms with Crippen molar-refractivity contribution in [2.24, 2.45) is 0 Å². The van der Waals surface area contributed by atoms with Crippen LogP contribution >= 0.6 is 11.3 Å². The van der Waals surface area contributed by atoms with Crippen LogP contribution in [-0.2, 0) is 40.1 Å². The first kappa shape index (κ1) is 36.3. The standard InChI is InChI=1S/C34H37F3N6O4S/c1-22(25-11-4-3-5-12-25)31(46)39-32-43-42-30(48-32)14-7-6-13-26-16-18-28(41-40-26)38-29(45)20-24-10-8-9-23(19-24)15-17-27(44)21-33(2,47)34(35,36)37/h3-5,8-12,16,18-19,22,47H,6-7,13-15,17,20-21H2,1-2H3,(H,38,41,45)(H,39,43,46). The molecule has 10 nitrogen and oxygen atoms in total. The van der Waals surface area contributed by atoms with Gasteiger partial charge in [-0.3, -0.25) is 14.4 Å². The summed E-state index contributed by atoms with van der Waals surface area (Å²) in [5.74, 6) is -1.18. The maximum absolute atomic E-state index is 12.8. The number of nitrogens with zero attached hydrogens (tertiary/aromatic N) is 4. The lowest BCUT2D eigenvalue weighted by Crippen LogP contribution is -2.43. The van der Waals surface area contributed by atoms with Gasteiger partial charge in [0.2, 0.25) is 16.9 Å². The Morgan fingerprint density at radius 2 is 1.58 bits per heavy atom. The molecule has 2 unspecified atom stereocenters. The number of hydrogen-bond acceptors (Lipinski definition) is 9. The van der Waals surface area contributed by atoms with Crippen molar-refractivity contribution in [1.29, 1.82) is 0 Å². The molecule has 0 aliphatic rings. The summed E-state index contributed by atoms with van der Waals surface area (Å²) < 4.78 is 38.5. The quantitative estimate of drug-likeness (QED) is 0.122. The molecule has 14 heteroatoms. The number of carbonyl (C=O) groups is 3. The Morgan fingerprint density at radius 3 is 2.29 bits per heavy atom. The topological polar surface area (TPSA) is 147 Å². The van der Waals surface area contributed by atoms with Gasteiger partial charge in [0.15, 0.2) is 11.4 Å². The summed E-state index contributed by atoms with van der Waals surface area (Å²) in [4.78, 5) is 37.2. The van der Waals surface area contributed by atoms with Crippen molar-refractivity contribution in [2.45, 2.75) is 82.9 Å². The second-order valence-corrected chi connectivity index (χ2v) is 12.8. The Balaban J connectivity index is 1.15. The molecule has 0 radical (unpaired) electrons. The van der Waals surface area contributed by atoms with E-state index in [-0.39, 0.29) is 37.0 Å². The number of halogens is 3. The number of hydrogen-bond donors (Lipinski definition) is 3. The molecular weight excluding hydrogens is 645 g/mol.